The molecule has 13 nitrogen and oxygen atoms in total. The van der Waals surface area contributed by atoms with E-state index in [4.69, 9.17) is 4.74 Å². The van der Waals surface area contributed by atoms with Crippen molar-refractivity contribution in [3.63, 3.8) is 0 Å². The summed E-state index contributed by atoms with van der Waals surface area (Å²) in [6.07, 6.45) is 5.69. The second kappa shape index (κ2) is 9.50. The highest BCUT2D eigenvalue weighted by Crippen LogP contribution is 2.32. The Labute approximate surface area is 220 Å². The Hall–Kier alpha value is -4.24. The van der Waals surface area contributed by atoms with Gasteiger partial charge in [0.1, 0.15) is 17.1 Å². The van der Waals surface area contributed by atoms with E-state index in [0.717, 1.165) is 45.0 Å². The average molecular weight is 538 g/mol. The molecule has 3 aliphatic heterocycles. The van der Waals surface area contributed by atoms with Crippen molar-refractivity contribution in [3.8, 4) is 5.69 Å². The van der Waals surface area contributed by atoms with Crippen LogP contribution in [0.5, 0.6) is 0 Å². The highest BCUT2D eigenvalue weighted by Gasteiger charge is 2.39. The van der Waals surface area contributed by atoms with Gasteiger partial charge in [0.25, 0.3) is 12.3 Å². The SMILES string of the molecule is O=C(Nc1cn(-c2cnc(N3CCNCC3)nc2)nc1C(F)F)c1cnn2ccc(N3C[C@H]4C[C@@H]3CO4)nc12. The van der Waals surface area contributed by atoms with E-state index >= 15 is 0 Å². The summed E-state index contributed by atoms with van der Waals surface area (Å²) in [5.74, 6) is 0.662. The summed E-state index contributed by atoms with van der Waals surface area (Å²) >= 11 is 0. The lowest BCUT2D eigenvalue weighted by molar-refractivity contribution is 0.0988. The first-order chi connectivity index (χ1) is 19.0. The highest BCUT2D eigenvalue weighted by molar-refractivity contribution is 6.08. The molecule has 2 bridgehead atoms. The van der Waals surface area contributed by atoms with Crippen LogP contribution in [0.25, 0.3) is 11.3 Å². The Morgan fingerprint density at radius 1 is 1.18 bits per heavy atom. The lowest BCUT2D eigenvalue weighted by Crippen LogP contribution is -2.44. The topological polar surface area (TPSA) is 131 Å². The Morgan fingerprint density at radius 3 is 2.72 bits per heavy atom. The summed E-state index contributed by atoms with van der Waals surface area (Å²) < 4.78 is 36.2. The van der Waals surface area contributed by atoms with Crippen molar-refractivity contribution in [3.05, 3.63) is 48.3 Å². The van der Waals surface area contributed by atoms with Crippen LogP contribution in [-0.2, 0) is 4.74 Å². The van der Waals surface area contributed by atoms with Gasteiger partial charge in [-0.1, -0.05) is 0 Å². The molecule has 15 heteroatoms. The number of piperazine rings is 1. The fourth-order valence-corrected chi connectivity index (χ4v) is 5.29. The van der Waals surface area contributed by atoms with E-state index in [-0.39, 0.29) is 23.4 Å². The number of nitrogens with zero attached hydrogens (tertiary/aromatic N) is 9. The molecule has 0 aliphatic carbocycles. The molecule has 3 aliphatic rings. The van der Waals surface area contributed by atoms with E-state index in [9.17, 15) is 13.6 Å². The van der Waals surface area contributed by atoms with E-state index in [2.05, 4.69) is 40.7 Å². The number of carbonyl (C=O) groups is 1. The number of nitrogens with one attached hydrogen (secondary N) is 2. The van der Waals surface area contributed by atoms with Gasteiger partial charge in [0.05, 0.1) is 49.2 Å². The van der Waals surface area contributed by atoms with Crippen molar-refractivity contribution in [2.45, 2.75) is 25.0 Å². The van der Waals surface area contributed by atoms with Gasteiger partial charge >= 0.3 is 0 Å². The molecule has 3 saturated heterocycles. The van der Waals surface area contributed by atoms with Gasteiger partial charge < -0.3 is 25.2 Å². The summed E-state index contributed by atoms with van der Waals surface area (Å²) in [6, 6.07) is 2.09. The van der Waals surface area contributed by atoms with Crippen LogP contribution in [0, 0.1) is 0 Å². The monoisotopic (exact) mass is 537 g/mol. The molecule has 2 N–H and O–H groups in total. The number of alkyl halides is 2. The van der Waals surface area contributed by atoms with Crippen molar-refractivity contribution < 1.29 is 18.3 Å². The molecule has 39 heavy (non-hydrogen) atoms. The van der Waals surface area contributed by atoms with Crippen molar-refractivity contribution in [2.24, 2.45) is 0 Å². The van der Waals surface area contributed by atoms with Gasteiger partial charge in [0.15, 0.2) is 11.3 Å². The minimum Gasteiger partial charge on any atom is -0.374 e. The van der Waals surface area contributed by atoms with E-state index in [1.165, 1.54) is 34.0 Å². The maximum Gasteiger partial charge on any atom is 0.284 e. The molecule has 4 aromatic rings. The predicted molar refractivity (Wildman–Crippen MR) is 136 cm³/mol. The molecule has 1 amide bonds. The summed E-state index contributed by atoms with van der Waals surface area (Å²) in [4.78, 5) is 30.9. The van der Waals surface area contributed by atoms with E-state index in [1.54, 1.807) is 6.20 Å². The van der Waals surface area contributed by atoms with Gasteiger partial charge in [-0.3, -0.25) is 4.79 Å². The molecule has 0 saturated carbocycles. The fourth-order valence-electron chi connectivity index (χ4n) is 5.29. The van der Waals surface area contributed by atoms with Crippen molar-refractivity contribution in [1.82, 2.24) is 39.7 Å². The lowest BCUT2D eigenvalue weighted by Gasteiger charge is -2.27. The molecule has 7 heterocycles. The molecule has 4 aromatic heterocycles. The number of carbonyl (C=O) groups excluding carboxylic acids is 1. The predicted octanol–water partition coefficient (Wildman–Crippen LogP) is 1.28. The normalized spacial score (nSPS) is 20.9. The molecule has 0 radical (unpaired) electrons. The molecular weight excluding hydrogens is 512 g/mol. The Morgan fingerprint density at radius 2 is 2.00 bits per heavy atom. The first-order valence-corrected chi connectivity index (χ1v) is 12.7. The van der Waals surface area contributed by atoms with Crippen molar-refractivity contribution in [2.75, 3.05) is 54.4 Å². The molecule has 2 atom stereocenters. The van der Waals surface area contributed by atoms with Crippen LogP contribution in [0.3, 0.4) is 0 Å². The summed E-state index contributed by atoms with van der Waals surface area (Å²) in [6.45, 7) is 4.61. The van der Waals surface area contributed by atoms with Gasteiger partial charge in [-0.2, -0.15) is 10.2 Å². The maximum atomic E-state index is 13.9. The van der Waals surface area contributed by atoms with Crippen LogP contribution < -0.4 is 20.4 Å². The second-order valence-corrected chi connectivity index (χ2v) is 9.72. The third-order valence-electron chi connectivity index (χ3n) is 7.28. The minimum atomic E-state index is -2.91. The van der Waals surface area contributed by atoms with Crippen molar-refractivity contribution in [1.29, 1.82) is 0 Å². The number of hydrogen-bond donors (Lipinski definition) is 2. The molecule has 7 rings (SSSR count). The minimum absolute atomic E-state index is 0.120. The first kappa shape index (κ1) is 23.8. The molecular formula is C24H25F2N11O2. The molecule has 0 spiro atoms. The number of amides is 1. The Bertz CT molecular complexity index is 1520. The highest BCUT2D eigenvalue weighted by atomic mass is 19.3. The van der Waals surface area contributed by atoms with Gasteiger partial charge in [-0.05, 0) is 12.5 Å². The number of halogens is 2. The Kier molecular flexibility index (Phi) is 5.81. The summed E-state index contributed by atoms with van der Waals surface area (Å²) in [5, 5.41) is 14.0. The van der Waals surface area contributed by atoms with Crippen LogP contribution in [0.2, 0.25) is 0 Å². The van der Waals surface area contributed by atoms with Crippen LogP contribution >= 0.6 is 0 Å². The number of anilines is 3. The zero-order valence-electron chi connectivity index (χ0n) is 20.7. The van der Waals surface area contributed by atoms with E-state index in [1.807, 2.05) is 11.0 Å². The zero-order valence-corrected chi connectivity index (χ0v) is 20.7. The number of aromatic nitrogens is 7. The quantitative estimate of drug-likeness (QED) is 0.371. The number of fused-ring (bicyclic) bond motifs is 3. The van der Waals surface area contributed by atoms with Gasteiger partial charge in [0.2, 0.25) is 5.95 Å². The number of rotatable bonds is 6. The third kappa shape index (κ3) is 4.32. The van der Waals surface area contributed by atoms with Crippen LogP contribution in [-0.4, -0.2) is 91.7 Å². The number of morpholine rings is 1. The molecule has 3 fully saturated rings. The number of ether oxygens (including phenoxy) is 1. The smallest absolute Gasteiger partial charge is 0.284 e. The largest absolute Gasteiger partial charge is 0.374 e. The Balaban J connectivity index is 1.14. The zero-order chi connectivity index (χ0) is 26.5. The first-order valence-electron chi connectivity index (χ1n) is 12.7. The molecule has 202 valence electrons. The van der Waals surface area contributed by atoms with Crippen LogP contribution in [0.15, 0.2) is 37.1 Å². The lowest BCUT2D eigenvalue weighted by atomic mass is 10.2. The number of hydrogen-bond acceptors (Lipinski definition) is 10. The standard InChI is InChI=1S/C24H25F2N11O2/c25-21(26)20-18(12-37(33-20)15-8-28-24(29-9-15)34-5-2-27-3-6-34)31-23(38)17-10-30-36-4-1-19(32-22(17)36)35-11-16-7-14(35)13-39-16/h1,4,8-10,12,14,16,21,27H,2-3,5-7,11,13H2,(H,31,38)/t14-,16-/m1/s1. The van der Waals surface area contributed by atoms with Crippen LogP contribution in [0.1, 0.15) is 28.9 Å². The summed E-state index contributed by atoms with van der Waals surface area (Å²) in [5.41, 5.74) is 0.201. The molecule has 0 aromatic carbocycles. The maximum absolute atomic E-state index is 13.9. The third-order valence-corrected chi connectivity index (χ3v) is 7.28. The molecule has 0 unspecified atom stereocenters. The van der Waals surface area contributed by atoms with Crippen LogP contribution in [0.4, 0.5) is 26.2 Å². The second-order valence-electron chi connectivity index (χ2n) is 9.72. The van der Waals surface area contributed by atoms with Gasteiger partial charge in [-0.25, -0.2) is 32.9 Å². The van der Waals surface area contributed by atoms with Gasteiger partial charge in [-0.15, -0.1) is 0 Å². The average Bonchev–Trinajstić information content (AvgIpc) is 3.77. The van der Waals surface area contributed by atoms with Gasteiger partial charge in [0, 0.05) is 38.9 Å². The summed E-state index contributed by atoms with van der Waals surface area (Å²) in [7, 11) is 0. The fraction of sp³-hybridized carbons (Fsp3) is 0.417. The van der Waals surface area contributed by atoms with Crippen molar-refractivity contribution >= 4 is 29.0 Å². The van der Waals surface area contributed by atoms with E-state index < -0.39 is 18.0 Å². The van der Waals surface area contributed by atoms with E-state index in [0.29, 0.717) is 23.9 Å².